The van der Waals surface area contributed by atoms with Gasteiger partial charge in [0.05, 0.1) is 0 Å². The van der Waals surface area contributed by atoms with Gasteiger partial charge in [0, 0.05) is 12.6 Å². The van der Waals surface area contributed by atoms with E-state index in [4.69, 9.17) is 0 Å². The highest BCUT2D eigenvalue weighted by molar-refractivity contribution is 4.67. The van der Waals surface area contributed by atoms with Gasteiger partial charge in [0.1, 0.15) is 0 Å². The zero-order chi connectivity index (χ0) is 6.41. The van der Waals surface area contributed by atoms with Crippen LogP contribution in [-0.4, -0.2) is 12.6 Å². The number of rotatable bonds is 4. The fourth-order valence-electron chi connectivity index (χ4n) is 0.335. The Kier molecular flexibility index (Phi) is 4.61. The van der Waals surface area contributed by atoms with Gasteiger partial charge in [-0.15, -0.1) is 6.58 Å². The maximum Gasteiger partial charge on any atom is 0.0278 e. The maximum atomic E-state index is 3.56. The Morgan fingerprint density at radius 2 is 2.25 bits per heavy atom. The van der Waals surface area contributed by atoms with Gasteiger partial charge in [-0.2, -0.15) is 0 Å². The summed E-state index contributed by atoms with van der Waals surface area (Å²) in [4.78, 5) is 0. The Bertz CT molecular complexity index is 59.5. The van der Waals surface area contributed by atoms with Crippen molar-refractivity contribution in [3.8, 4) is 0 Å². The van der Waals surface area contributed by atoms with Crippen LogP contribution in [0.4, 0.5) is 0 Å². The lowest BCUT2D eigenvalue weighted by atomic mass is 10.4. The first-order valence-corrected chi connectivity index (χ1v) is 2.86. The lowest BCUT2D eigenvalue weighted by Gasteiger charge is -2.06. The third-order valence-corrected chi connectivity index (χ3v) is 0.637. The lowest BCUT2D eigenvalue weighted by molar-refractivity contribution is 0.498. The SMILES string of the molecule is C=CCNNC(C)C. The Hall–Kier alpha value is -0.340. The number of hydrogen-bond donors (Lipinski definition) is 2. The van der Waals surface area contributed by atoms with E-state index in [0.29, 0.717) is 6.04 Å². The predicted molar refractivity (Wildman–Crippen MR) is 36.5 cm³/mol. The molecule has 2 N–H and O–H groups in total. The quantitative estimate of drug-likeness (QED) is 0.319. The molecule has 0 aromatic rings. The summed E-state index contributed by atoms with van der Waals surface area (Å²) >= 11 is 0. The van der Waals surface area contributed by atoms with E-state index in [1.54, 1.807) is 0 Å². The molecule has 0 fully saturated rings. The second-order valence-electron chi connectivity index (χ2n) is 1.97. The number of hydrogen-bond acceptors (Lipinski definition) is 2. The van der Waals surface area contributed by atoms with Crippen LogP contribution >= 0.6 is 0 Å². The smallest absolute Gasteiger partial charge is 0.0278 e. The Labute approximate surface area is 50.9 Å². The summed E-state index contributed by atoms with van der Waals surface area (Å²) in [6.45, 7) is 8.53. The molecule has 0 aliphatic heterocycles. The molecule has 0 aliphatic rings. The van der Waals surface area contributed by atoms with Gasteiger partial charge in [0.2, 0.25) is 0 Å². The highest BCUT2D eigenvalue weighted by Crippen LogP contribution is 1.69. The standard InChI is InChI=1S/C6H14N2/c1-4-5-7-8-6(2)3/h4,6-8H,1,5H2,2-3H3. The maximum absolute atomic E-state index is 3.56. The van der Waals surface area contributed by atoms with Crippen molar-refractivity contribution in [2.45, 2.75) is 19.9 Å². The molecule has 8 heavy (non-hydrogen) atoms. The van der Waals surface area contributed by atoms with Crippen LogP contribution in [0, 0.1) is 0 Å². The fourth-order valence-corrected chi connectivity index (χ4v) is 0.335. The van der Waals surface area contributed by atoms with Crippen molar-refractivity contribution in [1.82, 2.24) is 10.9 Å². The zero-order valence-electron chi connectivity index (χ0n) is 5.57. The van der Waals surface area contributed by atoms with Crippen molar-refractivity contribution in [3.63, 3.8) is 0 Å². The van der Waals surface area contributed by atoms with Crippen molar-refractivity contribution in [2.75, 3.05) is 6.54 Å². The molecule has 0 spiro atoms. The summed E-state index contributed by atoms with van der Waals surface area (Å²) in [7, 11) is 0. The van der Waals surface area contributed by atoms with Gasteiger partial charge in [-0.25, -0.2) is 0 Å². The first-order valence-electron chi connectivity index (χ1n) is 2.86. The van der Waals surface area contributed by atoms with Crippen LogP contribution in [0.5, 0.6) is 0 Å². The molecule has 0 aromatic heterocycles. The highest BCUT2D eigenvalue weighted by atomic mass is 15.4. The molecular weight excluding hydrogens is 100 g/mol. The van der Waals surface area contributed by atoms with E-state index in [1.807, 2.05) is 6.08 Å². The predicted octanol–water partition coefficient (Wildman–Crippen LogP) is 0.675. The van der Waals surface area contributed by atoms with Crippen LogP contribution in [0.3, 0.4) is 0 Å². The summed E-state index contributed by atoms with van der Waals surface area (Å²) in [6.07, 6.45) is 1.81. The second kappa shape index (κ2) is 4.81. The largest absolute Gasteiger partial charge is 0.255 e. The molecule has 0 radical (unpaired) electrons. The van der Waals surface area contributed by atoms with Crippen LogP contribution in [0.15, 0.2) is 12.7 Å². The first kappa shape index (κ1) is 7.66. The monoisotopic (exact) mass is 114 g/mol. The Morgan fingerprint density at radius 1 is 1.62 bits per heavy atom. The average Bonchev–Trinajstić information content (AvgIpc) is 1.66. The van der Waals surface area contributed by atoms with Crippen LogP contribution in [0.2, 0.25) is 0 Å². The molecule has 48 valence electrons. The molecule has 0 aliphatic carbocycles. The van der Waals surface area contributed by atoms with E-state index in [2.05, 4.69) is 31.3 Å². The molecule has 0 unspecified atom stereocenters. The summed E-state index contributed by atoms with van der Waals surface area (Å²) in [5.74, 6) is 0. The first-order chi connectivity index (χ1) is 3.77. The van der Waals surface area contributed by atoms with Gasteiger partial charge in [-0.1, -0.05) is 6.08 Å². The van der Waals surface area contributed by atoms with Crippen molar-refractivity contribution < 1.29 is 0 Å². The summed E-state index contributed by atoms with van der Waals surface area (Å²) in [5, 5.41) is 0. The lowest BCUT2D eigenvalue weighted by Crippen LogP contribution is -2.37. The minimum Gasteiger partial charge on any atom is -0.255 e. The molecule has 0 aromatic carbocycles. The van der Waals surface area contributed by atoms with E-state index in [0.717, 1.165) is 6.54 Å². The summed E-state index contributed by atoms with van der Waals surface area (Å²) in [6, 6.07) is 0.495. The molecule has 0 atom stereocenters. The summed E-state index contributed by atoms with van der Waals surface area (Å²) in [5.41, 5.74) is 5.99. The summed E-state index contributed by atoms with van der Waals surface area (Å²) < 4.78 is 0. The van der Waals surface area contributed by atoms with Gasteiger partial charge in [-0.05, 0) is 13.8 Å². The van der Waals surface area contributed by atoms with Crippen LogP contribution < -0.4 is 10.9 Å². The molecule has 0 bridgehead atoms. The Balaban J connectivity index is 2.81. The van der Waals surface area contributed by atoms with Crippen LogP contribution in [0.25, 0.3) is 0 Å². The molecule has 0 amide bonds. The van der Waals surface area contributed by atoms with Gasteiger partial charge >= 0.3 is 0 Å². The van der Waals surface area contributed by atoms with E-state index in [1.165, 1.54) is 0 Å². The third kappa shape index (κ3) is 5.66. The molecule has 2 nitrogen and oxygen atoms in total. The van der Waals surface area contributed by atoms with Gasteiger partial charge < -0.3 is 0 Å². The van der Waals surface area contributed by atoms with Gasteiger partial charge in [0.15, 0.2) is 0 Å². The second-order valence-corrected chi connectivity index (χ2v) is 1.97. The average molecular weight is 114 g/mol. The van der Waals surface area contributed by atoms with Crippen molar-refractivity contribution in [3.05, 3.63) is 12.7 Å². The fraction of sp³-hybridized carbons (Fsp3) is 0.667. The van der Waals surface area contributed by atoms with Crippen molar-refractivity contribution >= 4 is 0 Å². The number of nitrogens with one attached hydrogen (secondary N) is 2. The van der Waals surface area contributed by atoms with Crippen molar-refractivity contribution in [2.24, 2.45) is 0 Å². The minimum absolute atomic E-state index is 0.495. The molecule has 0 saturated heterocycles. The zero-order valence-corrected chi connectivity index (χ0v) is 5.57. The molecular formula is C6H14N2. The van der Waals surface area contributed by atoms with Gasteiger partial charge in [-0.3, -0.25) is 10.9 Å². The molecule has 0 rings (SSSR count). The normalized spacial score (nSPS) is 9.88. The van der Waals surface area contributed by atoms with E-state index in [-0.39, 0.29) is 0 Å². The topological polar surface area (TPSA) is 24.1 Å². The van der Waals surface area contributed by atoms with Crippen LogP contribution in [-0.2, 0) is 0 Å². The van der Waals surface area contributed by atoms with E-state index in [9.17, 15) is 0 Å². The minimum atomic E-state index is 0.495. The van der Waals surface area contributed by atoms with Crippen molar-refractivity contribution in [1.29, 1.82) is 0 Å². The van der Waals surface area contributed by atoms with Crippen LogP contribution in [0.1, 0.15) is 13.8 Å². The van der Waals surface area contributed by atoms with Gasteiger partial charge in [0.25, 0.3) is 0 Å². The molecule has 0 heterocycles. The van der Waals surface area contributed by atoms with E-state index < -0.39 is 0 Å². The van der Waals surface area contributed by atoms with E-state index >= 15 is 0 Å². The highest BCUT2D eigenvalue weighted by Gasteiger charge is 1.84. The third-order valence-electron chi connectivity index (χ3n) is 0.637. The molecule has 2 heteroatoms. The molecule has 0 saturated carbocycles. The number of hydrazine groups is 1. The Morgan fingerprint density at radius 3 is 2.62 bits per heavy atom.